The predicted octanol–water partition coefficient (Wildman–Crippen LogP) is 1.90. The highest BCUT2D eigenvalue weighted by Crippen LogP contribution is 2.47. The molecule has 0 aromatic rings. The summed E-state index contributed by atoms with van der Waals surface area (Å²) < 4.78 is 30.9. The highest BCUT2D eigenvalue weighted by atomic mass is 19.3. The zero-order valence-corrected chi connectivity index (χ0v) is 8.85. The Morgan fingerprint density at radius 3 is 2.60 bits per heavy atom. The van der Waals surface area contributed by atoms with Crippen molar-refractivity contribution >= 4 is 0 Å². The Bertz CT molecular complexity index is 257. The molecule has 1 saturated heterocycles. The molecule has 0 aromatic carbocycles. The molecule has 3 aliphatic rings. The molecular weight excluding hydrogens is 200 g/mol. The van der Waals surface area contributed by atoms with E-state index in [0.717, 1.165) is 26.3 Å². The lowest BCUT2D eigenvalue weighted by Crippen LogP contribution is -2.52. The molecule has 1 spiro atoms. The molecule has 86 valence electrons. The average Bonchev–Trinajstić information content (AvgIpc) is 2.87. The summed E-state index contributed by atoms with van der Waals surface area (Å²) in [5.74, 6) is -2.15. The molecule has 4 heteroatoms. The Kier molecular flexibility index (Phi) is 2.09. The number of hydrogen-bond acceptors (Lipinski definition) is 2. The quantitative estimate of drug-likeness (QED) is 0.700. The van der Waals surface area contributed by atoms with Crippen molar-refractivity contribution < 1.29 is 13.5 Å². The summed E-state index contributed by atoms with van der Waals surface area (Å²) in [5, 5.41) is 0. The van der Waals surface area contributed by atoms with E-state index in [1.165, 1.54) is 12.8 Å². The molecule has 0 unspecified atom stereocenters. The Morgan fingerprint density at radius 2 is 2.00 bits per heavy atom. The first kappa shape index (κ1) is 9.97. The number of alkyl halides is 2. The maximum atomic E-state index is 12.7. The lowest BCUT2D eigenvalue weighted by atomic mass is 9.80. The Morgan fingerprint density at radius 1 is 1.27 bits per heavy atom. The van der Waals surface area contributed by atoms with Crippen LogP contribution in [0.4, 0.5) is 8.78 Å². The van der Waals surface area contributed by atoms with Gasteiger partial charge in [0.2, 0.25) is 5.92 Å². The van der Waals surface area contributed by atoms with E-state index in [1.807, 2.05) is 0 Å². The van der Waals surface area contributed by atoms with Crippen LogP contribution in [0.1, 0.15) is 25.7 Å². The van der Waals surface area contributed by atoms with Crippen molar-refractivity contribution in [1.82, 2.24) is 4.90 Å². The zero-order valence-electron chi connectivity index (χ0n) is 8.85. The third kappa shape index (κ3) is 1.78. The van der Waals surface area contributed by atoms with Crippen molar-refractivity contribution in [3.05, 3.63) is 0 Å². The lowest BCUT2D eigenvalue weighted by molar-refractivity contribution is -0.127. The Hall–Kier alpha value is -0.220. The highest BCUT2D eigenvalue weighted by Gasteiger charge is 2.53. The topological polar surface area (TPSA) is 12.5 Å². The number of rotatable bonds is 2. The van der Waals surface area contributed by atoms with E-state index in [-0.39, 0.29) is 24.3 Å². The first-order valence-electron chi connectivity index (χ1n) is 5.80. The minimum Gasteiger partial charge on any atom is -0.378 e. The van der Waals surface area contributed by atoms with E-state index in [1.54, 1.807) is 0 Å². The minimum atomic E-state index is -2.37. The van der Waals surface area contributed by atoms with E-state index in [0.29, 0.717) is 0 Å². The maximum absolute atomic E-state index is 12.7. The molecule has 0 N–H and O–H groups in total. The molecule has 1 heterocycles. The van der Waals surface area contributed by atoms with Crippen molar-refractivity contribution in [2.75, 3.05) is 26.3 Å². The SMILES string of the molecule is FC1(F)CC(CN2CCOCC23CC3)C1. The van der Waals surface area contributed by atoms with Gasteiger partial charge in [0.15, 0.2) is 0 Å². The van der Waals surface area contributed by atoms with Gasteiger partial charge in [0.1, 0.15) is 0 Å². The van der Waals surface area contributed by atoms with Crippen LogP contribution in [0.2, 0.25) is 0 Å². The molecule has 0 atom stereocenters. The van der Waals surface area contributed by atoms with Gasteiger partial charge in [0, 0.05) is 31.5 Å². The van der Waals surface area contributed by atoms with Crippen molar-refractivity contribution in [2.24, 2.45) is 5.92 Å². The smallest absolute Gasteiger partial charge is 0.248 e. The number of nitrogens with zero attached hydrogens (tertiary/aromatic N) is 1. The largest absolute Gasteiger partial charge is 0.378 e. The van der Waals surface area contributed by atoms with E-state index < -0.39 is 5.92 Å². The second kappa shape index (κ2) is 3.14. The summed E-state index contributed by atoms with van der Waals surface area (Å²) in [4.78, 5) is 2.40. The summed E-state index contributed by atoms with van der Waals surface area (Å²) in [6.45, 7) is 3.38. The Balaban J connectivity index is 1.55. The first-order valence-corrected chi connectivity index (χ1v) is 5.80. The second-order valence-corrected chi connectivity index (χ2v) is 5.35. The van der Waals surface area contributed by atoms with Crippen molar-refractivity contribution in [1.29, 1.82) is 0 Å². The van der Waals surface area contributed by atoms with E-state index in [4.69, 9.17) is 4.74 Å². The molecule has 15 heavy (non-hydrogen) atoms. The van der Waals surface area contributed by atoms with Crippen LogP contribution in [-0.2, 0) is 4.74 Å². The van der Waals surface area contributed by atoms with Gasteiger partial charge in [-0.15, -0.1) is 0 Å². The molecule has 0 amide bonds. The molecule has 2 saturated carbocycles. The monoisotopic (exact) mass is 217 g/mol. The van der Waals surface area contributed by atoms with E-state index in [9.17, 15) is 8.78 Å². The van der Waals surface area contributed by atoms with Crippen LogP contribution in [-0.4, -0.2) is 42.7 Å². The van der Waals surface area contributed by atoms with E-state index in [2.05, 4.69) is 4.90 Å². The lowest BCUT2D eigenvalue weighted by Gasteiger charge is -2.43. The van der Waals surface area contributed by atoms with Gasteiger partial charge >= 0.3 is 0 Å². The van der Waals surface area contributed by atoms with Crippen LogP contribution >= 0.6 is 0 Å². The number of morpholine rings is 1. The van der Waals surface area contributed by atoms with E-state index >= 15 is 0 Å². The number of halogens is 2. The fourth-order valence-electron chi connectivity index (χ4n) is 2.88. The summed E-state index contributed by atoms with van der Waals surface area (Å²) in [5.41, 5.74) is 0.253. The van der Waals surface area contributed by atoms with Crippen LogP contribution in [0, 0.1) is 5.92 Å². The molecule has 0 radical (unpaired) electrons. The summed E-state index contributed by atoms with van der Waals surface area (Å²) in [7, 11) is 0. The maximum Gasteiger partial charge on any atom is 0.248 e. The summed E-state index contributed by atoms with van der Waals surface area (Å²) >= 11 is 0. The van der Waals surface area contributed by atoms with Crippen LogP contribution in [0.15, 0.2) is 0 Å². The van der Waals surface area contributed by atoms with Gasteiger partial charge < -0.3 is 4.74 Å². The molecule has 1 aliphatic heterocycles. The van der Waals surface area contributed by atoms with Gasteiger partial charge in [-0.05, 0) is 18.8 Å². The van der Waals surface area contributed by atoms with Crippen LogP contribution in [0.5, 0.6) is 0 Å². The van der Waals surface area contributed by atoms with Gasteiger partial charge in [0.25, 0.3) is 0 Å². The minimum absolute atomic E-state index is 0.0977. The molecule has 2 nitrogen and oxygen atoms in total. The van der Waals surface area contributed by atoms with Gasteiger partial charge in [-0.25, -0.2) is 8.78 Å². The average molecular weight is 217 g/mol. The Labute approximate surface area is 88.6 Å². The normalized spacial score (nSPS) is 34.0. The summed E-state index contributed by atoms with van der Waals surface area (Å²) in [6.07, 6.45) is 2.58. The number of hydrogen-bond donors (Lipinski definition) is 0. The third-order valence-electron chi connectivity index (χ3n) is 4.03. The molecule has 0 bridgehead atoms. The van der Waals surface area contributed by atoms with Crippen molar-refractivity contribution in [2.45, 2.75) is 37.1 Å². The molecule has 3 fully saturated rings. The second-order valence-electron chi connectivity index (χ2n) is 5.35. The first-order chi connectivity index (χ1) is 7.10. The van der Waals surface area contributed by atoms with Gasteiger partial charge in [0.05, 0.1) is 13.2 Å². The molecule has 0 aromatic heterocycles. The fraction of sp³-hybridized carbons (Fsp3) is 1.00. The summed E-state index contributed by atoms with van der Waals surface area (Å²) in [6, 6.07) is 0. The standard InChI is InChI=1S/C11H17F2NO/c12-11(13)5-9(6-11)7-14-3-4-15-8-10(14)1-2-10/h9H,1-8H2. The molecular formula is C11H17F2NO. The fourth-order valence-corrected chi connectivity index (χ4v) is 2.88. The van der Waals surface area contributed by atoms with Crippen molar-refractivity contribution in [3.8, 4) is 0 Å². The van der Waals surface area contributed by atoms with Crippen LogP contribution < -0.4 is 0 Å². The number of ether oxygens (including phenoxy) is 1. The zero-order chi connectivity index (χ0) is 10.5. The van der Waals surface area contributed by atoms with Crippen LogP contribution in [0.25, 0.3) is 0 Å². The molecule has 2 aliphatic carbocycles. The van der Waals surface area contributed by atoms with Gasteiger partial charge in [-0.2, -0.15) is 0 Å². The highest BCUT2D eigenvalue weighted by molar-refractivity contribution is 5.06. The van der Waals surface area contributed by atoms with Gasteiger partial charge in [-0.1, -0.05) is 0 Å². The van der Waals surface area contributed by atoms with Gasteiger partial charge in [-0.3, -0.25) is 4.90 Å². The predicted molar refractivity (Wildman–Crippen MR) is 52.0 cm³/mol. The van der Waals surface area contributed by atoms with Crippen molar-refractivity contribution in [3.63, 3.8) is 0 Å². The molecule has 3 rings (SSSR count). The third-order valence-corrected chi connectivity index (χ3v) is 4.03. The van der Waals surface area contributed by atoms with Crippen LogP contribution in [0.3, 0.4) is 0 Å².